The predicted octanol–water partition coefficient (Wildman–Crippen LogP) is 2.05. The Bertz CT molecular complexity index is 1120. The van der Waals surface area contributed by atoms with Crippen molar-refractivity contribution >= 4 is 27.5 Å². The van der Waals surface area contributed by atoms with Crippen molar-refractivity contribution in [3.8, 4) is 0 Å². The van der Waals surface area contributed by atoms with Gasteiger partial charge in [0.2, 0.25) is 9.84 Å². The molecule has 1 amide bonds. The Morgan fingerprint density at radius 1 is 1.07 bits per heavy atom. The Morgan fingerprint density at radius 2 is 1.75 bits per heavy atom. The summed E-state index contributed by atoms with van der Waals surface area (Å²) in [6, 6.07) is 8.68. The van der Waals surface area contributed by atoms with Crippen LogP contribution in [-0.2, 0) is 14.6 Å². The number of rotatable bonds is 5. The molecule has 2 N–H and O–H groups in total. The molecule has 2 aromatic carbocycles. The molecule has 0 spiro atoms. The maximum absolute atomic E-state index is 12.9. The second kappa shape index (κ2) is 6.56. The number of amides is 1. The van der Waals surface area contributed by atoms with Crippen LogP contribution < -0.4 is 5.32 Å². The molecule has 1 heterocycles. The molecule has 0 bridgehead atoms. The summed E-state index contributed by atoms with van der Waals surface area (Å²) in [4.78, 5) is 36.2. The first-order chi connectivity index (χ1) is 13.3. The van der Waals surface area contributed by atoms with Gasteiger partial charge in [0, 0.05) is 16.7 Å². The standard InChI is InChI=1S/C20H17NO6S/c22-18-13-3-1-2-4-16(13)28(26,27)17-10-12(7-8-14(17)18)19(23)21-15(20(24)25)9-11-5-6-11/h1-4,7-8,10-11,15H,5-6,9H2,(H,21,23)(H,24,25). The number of fused-ring (bicyclic) bond motifs is 2. The number of ketones is 1. The third-order valence-corrected chi connectivity index (χ3v) is 6.92. The smallest absolute Gasteiger partial charge is 0.326 e. The monoisotopic (exact) mass is 399 g/mol. The van der Waals surface area contributed by atoms with Crippen LogP contribution in [-0.4, -0.2) is 37.2 Å². The average molecular weight is 399 g/mol. The van der Waals surface area contributed by atoms with Gasteiger partial charge in [-0.05, 0) is 42.7 Å². The summed E-state index contributed by atoms with van der Waals surface area (Å²) in [5, 5.41) is 11.8. The van der Waals surface area contributed by atoms with Crippen LogP contribution in [0.1, 0.15) is 45.5 Å². The minimum absolute atomic E-state index is 0.00279. The zero-order valence-corrected chi connectivity index (χ0v) is 15.5. The highest BCUT2D eigenvalue weighted by molar-refractivity contribution is 7.91. The van der Waals surface area contributed by atoms with Gasteiger partial charge >= 0.3 is 5.97 Å². The number of hydrogen-bond acceptors (Lipinski definition) is 5. The van der Waals surface area contributed by atoms with Crippen molar-refractivity contribution in [3.05, 3.63) is 59.2 Å². The zero-order chi connectivity index (χ0) is 20.1. The van der Waals surface area contributed by atoms with E-state index in [2.05, 4.69) is 5.32 Å². The molecule has 28 heavy (non-hydrogen) atoms. The molecular formula is C20H17NO6S. The van der Waals surface area contributed by atoms with E-state index >= 15 is 0 Å². The van der Waals surface area contributed by atoms with Crippen LogP contribution in [0.5, 0.6) is 0 Å². The fourth-order valence-electron chi connectivity index (χ4n) is 3.38. The minimum Gasteiger partial charge on any atom is -0.480 e. The first kappa shape index (κ1) is 18.4. The van der Waals surface area contributed by atoms with Gasteiger partial charge in [-0.25, -0.2) is 13.2 Å². The van der Waals surface area contributed by atoms with E-state index in [9.17, 15) is 27.9 Å². The number of aliphatic carboxylic acids is 1. The molecule has 1 aliphatic carbocycles. The van der Waals surface area contributed by atoms with Gasteiger partial charge < -0.3 is 10.4 Å². The molecule has 1 atom stereocenters. The highest BCUT2D eigenvalue weighted by Crippen LogP contribution is 2.35. The van der Waals surface area contributed by atoms with Gasteiger partial charge in [0.15, 0.2) is 5.78 Å². The fourth-order valence-corrected chi connectivity index (χ4v) is 5.05. The summed E-state index contributed by atoms with van der Waals surface area (Å²) < 4.78 is 25.8. The second-order valence-corrected chi connectivity index (χ2v) is 8.97. The van der Waals surface area contributed by atoms with E-state index in [0.29, 0.717) is 12.3 Å². The van der Waals surface area contributed by atoms with Crippen LogP contribution in [0.25, 0.3) is 0 Å². The van der Waals surface area contributed by atoms with Crippen molar-refractivity contribution in [2.45, 2.75) is 35.1 Å². The van der Waals surface area contributed by atoms with Crippen molar-refractivity contribution in [1.29, 1.82) is 0 Å². The van der Waals surface area contributed by atoms with Gasteiger partial charge in [0.1, 0.15) is 6.04 Å². The molecule has 8 heteroatoms. The van der Waals surface area contributed by atoms with Crippen LogP contribution in [0.4, 0.5) is 0 Å². The lowest BCUT2D eigenvalue weighted by atomic mass is 10.0. The van der Waals surface area contributed by atoms with Crippen molar-refractivity contribution in [3.63, 3.8) is 0 Å². The van der Waals surface area contributed by atoms with Crippen LogP contribution in [0.3, 0.4) is 0 Å². The zero-order valence-electron chi connectivity index (χ0n) is 14.7. The molecule has 2 aromatic rings. The number of nitrogens with one attached hydrogen (secondary N) is 1. The maximum atomic E-state index is 12.9. The van der Waals surface area contributed by atoms with Crippen LogP contribution in [0.15, 0.2) is 52.3 Å². The van der Waals surface area contributed by atoms with Crippen molar-refractivity contribution in [2.24, 2.45) is 5.92 Å². The molecule has 0 radical (unpaired) electrons. The first-order valence-electron chi connectivity index (χ1n) is 8.85. The number of hydrogen-bond donors (Lipinski definition) is 2. The number of carboxylic acids is 1. The van der Waals surface area contributed by atoms with Crippen molar-refractivity contribution in [2.75, 3.05) is 0 Å². The predicted molar refractivity (Wildman–Crippen MR) is 98.0 cm³/mol. The molecule has 0 aromatic heterocycles. The Labute approximate surface area is 161 Å². The SMILES string of the molecule is O=C(NC(CC1CC1)C(=O)O)c1ccc2c(c1)S(=O)(=O)c1ccccc1C2=O. The molecule has 1 fully saturated rings. The summed E-state index contributed by atoms with van der Waals surface area (Å²) in [5.41, 5.74) is 0.0992. The topological polar surface area (TPSA) is 118 Å². The minimum atomic E-state index is -3.96. The van der Waals surface area contributed by atoms with E-state index in [0.717, 1.165) is 18.9 Å². The summed E-state index contributed by atoms with van der Waals surface area (Å²) >= 11 is 0. The summed E-state index contributed by atoms with van der Waals surface area (Å²) in [5.74, 6) is -1.95. The quantitative estimate of drug-likeness (QED) is 0.678. The Kier molecular flexibility index (Phi) is 4.30. The Morgan fingerprint density at radius 3 is 2.43 bits per heavy atom. The molecule has 1 saturated carbocycles. The van der Waals surface area contributed by atoms with E-state index in [4.69, 9.17) is 0 Å². The summed E-state index contributed by atoms with van der Waals surface area (Å²) in [7, 11) is -3.96. The normalized spacial score (nSPS) is 17.9. The molecule has 4 rings (SSSR count). The highest BCUT2D eigenvalue weighted by atomic mass is 32.2. The number of carboxylic acid groups (broad SMARTS) is 1. The van der Waals surface area contributed by atoms with Crippen LogP contribution >= 0.6 is 0 Å². The maximum Gasteiger partial charge on any atom is 0.326 e. The number of carbonyl (C=O) groups excluding carboxylic acids is 2. The van der Waals surface area contributed by atoms with Gasteiger partial charge in [-0.3, -0.25) is 9.59 Å². The van der Waals surface area contributed by atoms with Gasteiger partial charge in [-0.1, -0.05) is 25.0 Å². The molecule has 2 aliphatic rings. The first-order valence-corrected chi connectivity index (χ1v) is 10.3. The van der Waals surface area contributed by atoms with Crippen molar-refractivity contribution < 1.29 is 27.9 Å². The molecule has 144 valence electrons. The van der Waals surface area contributed by atoms with Crippen LogP contribution in [0.2, 0.25) is 0 Å². The third kappa shape index (κ3) is 3.09. The Balaban J connectivity index is 1.69. The molecule has 7 nitrogen and oxygen atoms in total. The van der Waals surface area contributed by atoms with E-state index < -0.39 is 33.5 Å². The lowest BCUT2D eigenvalue weighted by Crippen LogP contribution is -2.41. The van der Waals surface area contributed by atoms with E-state index in [-0.39, 0.29) is 26.5 Å². The number of benzene rings is 2. The van der Waals surface area contributed by atoms with E-state index in [1.807, 2.05) is 0 Å². The molecule has 1 unspecified atom stereocenters. The lowest BCUT2D eigenvalue weighted by Gasteiger charge is -2.20. The lowest BCUT2D eigenvalue weighted by molar-refractivity contribution is -0.139. The Hall–Kier alpha value is -3.00. The molecule has 1 aliphatic heterocycles. The summed E-state index contributed by atoms with van der Waals surface area (Å²) in [6.07, 6.45) is 2.23. The largest absolute Gasteiger partial charge is 0.480 e. The van der Waals surface area contributed by atoms with Gasteiger partial charge in [-0.2, -0.15) is 0 Å². The molecule has 0 saturated heterocycles. The average Bonchev–Trinajstić information content (AvgIpc) is 3.49. The highest BCUT2D eigenvalue weighted by Gasteiger charge is 2.35. The molecular weight excluding hydrogens is 382 g/mol. The second-order valence-electron chi connectivity index (χ2n) is 7.08. The third-order valence-electron chi connectivity index (χ3n) is 5.07. The van der Waals surface area contributed by atoms with Crippen molar-refractivity contribution in [1.82, 2.24) is 5.32 Å². The summed E-state index contributed by atoms with van der Waals surface area (Å²) in [6.45, 7) is 0. The van der Waals surface area contributed by atoms with Gasteiger partial charge in [0.05, 0.1) is 9.79 Å². The van der Waals surface area contributed by atoms with Crippen LogP contribution in [0, 0.1) is 5.92 Å². The number of carbonyl (C=O) groups is 3. The van der Waals surface area contributed by atoms with E-state index in [1.165, 1.54) is 30.3 Å². The van der Waals surface area contributed by atoms with Gasteiger partial charge in [-0.15, -0.1) is 0 Å². The van der Waals surface area contributed by atoms with Gasteiger partial charge in [0.25, 0.3) is 5.91 Å². The fraction of sp³-hybridized carbons (Fsp3) is 0.250. The van der Waals surface area contributed by atoms with E-state index in [1.54, 1.807) is 6.07 Å². The number of sulfone groups is 1.